The summed E-state index contributed by atoms with van der Waals surface area (Å²) in [5.74, 6) is 0. The number of rotatable bonds is 6. The molecule has 1 aromatic heterocycles. The van der Waals surface area contributed by atoms with Crippen molar-refractivity contribution in [3.8, 4) is 0 Å². The quantitative estimate of drug-likeness (QED) is 0.763. The molecule has 0 spiro atoms. The number of carbonyl (C=O) groups excluding carboxylic acids is 1. The van der Waals surface area contributed by atoms with E-state index in [0.717, 1.165) is 30.9 Å². The topological polar surface area (TPSA) is 58.1 Å². The monoisotopic (exact) mass is 286 g/mol. The molecule has 0 aliphatic heterocycles. The largest absolute Gasteiger partial charge is 0.381 e. The number of urea groups is 1. The van der Waals surface area contributed by atoms with Gasteiger partial charge in [-0.05, 0) is 42.3 Å². The molecule has 0 saturated heterocycles. The molecular weight excluding hydrogens is 264 g/mol. The Morgan fingerprint density at radius 2 is 1.86 bits per heavy atom. The van der Waals surface area contributed by atoms with Crippen molar-refractivity contribution in [2.45, 2.75) is 26.4 Å². The molecule has 0 unspecified atom stereocenters. The van der Waals surface area contributed by atoms with Crippen molar-refractivity contribution in [2.24, 2.45) is 0 Å². The van der Waals surface area contributed by atoms with Crippen molar-refractivity contribution in [1.82, 2.24) is 9.88 Å². The third-order valence-corrected chi connectivity index (χ3v) is 3.16. The molecule has 2 amide bonds. The highest BCUT2D eigenvalue weighted by Gasteiger charge is 2.00. The summed E-state index contributed by atoms with van der Waals surface area (Å²) in [5.41, 5.74) is 3.06. The maximum atomic E-state index is 11.2. The maximum Gasteiger partial charge on any atom is 0.318 e. The van der Waals surface area contributed by atoms with Gasteiger partial charge in [-0.15, -0.1) is 0 Å². The minimum Gasteiger partial charge on any atom is -0.381 e. The van der Waals surface area contributed by atoms with Gasteiger partial charge in [-0.2, -0.15) is 0 Å². The van der Waals surface area contributed by atoms with Gasteiger partial charge in [0.25, 0.3) is 0 Å². The van der Waals surface area contributed by atoms with Crippen LogP contribution in [0.25, 0.3) is 0 Å². The molecular formula is C16H22N4O. The number of benzene rings is 1. The zero-order valence-corrected chi connectivity index (χ0v) is 12.5. The number of aryl methyl sites for hydroxylation is 1. The number of nitrogens with zero attached hydrogens (tertiary/aromatic N) is 1. The molecule has 21 heavy (non-hydrogen) atoms. The highest BCUT2D eigenvalue weighted by molar-refractivity contribution is 5.89. The number of hydrogen-bond acceptors (Lipinski definition) is 2. The van der Waals surface area contributed by atoms with Gasteiger partial charge in [0.2, 0.25) is 0 Å². The smallest absolute Gasteiger partial charge is 0.318 e. The molecule has 5 heteroatoms. The third kappa shape index (κ3) is 4.56. The van der Waals surface area contributed by atoms with Crippen LogP contribution < -0.4 is 16.0 Å². The van der Waals surface area contributed by atoms with Crippen LogP contribution in [-0.2, 0) is 13.1 Å². The summed E-state index contributed by atoms with van der Waals surface area (Å²) >= 11 is 0. The van der Waals surface area contributed by atoms with Gasteiger partial charge in [-0.25, -0.2) is 4.79 Å². The zero-order valence-electron chi connectivity index (χ0n) is 12.5. The van der Waals surface area contributed by atoms with Gasteiger partial charge in [0.1, 0.15) is 0 Å². The van der Waals surface area contributed by atoms with E-state index in [1.807, 2.05) is 24.3 Å². The Bertz CT molecular complexity index is 574. The lowest BCUT2D eigenvalue weighted by molar-refractivity contribution is 0.254. The van der Waals surface area contributed by atoms with Crippen molar-refractivity contribution in [3.05, 3.63) is 48.3 Å². The fourth-order valence-corrected chi connectivity index (χ4v) is 2.06. The van der Waals surface area contributed by atoms with Crippen molar-refractivity contribution in [1.29, 1.82) is 0 Å². The van der Waals surface area contributed by atoms with E-state index in [-0.39, 0.29) is 6.03 Å². The average molecular weight is 286 g/mol. The standard InChI is InChI=1S/C16H22N4O/c1-3-9-20-10-8-13(12-20)11-18-14-4-6-15(7-5-14)19-16(21)17-2/h4-8,10,12,18H,3,9,11H2,1-2H3,(H2,17,19,21). The Kier molecular flexibility index (Phi) is 5.26. The molecule has 112 valence electrons. The van der Waals surface area contributed by atoms with Crippen molar-refractivity contribution in [3.63, 3.8) is 0 Å². The van der Waals surface area contributed by atoms with Crippen LogP contribution in [0.5, 0.6) is 0 Å². The minimum absolute atomic E-state index is 0.215. The van der Waals surface area contributed by atoms with Crippen LogP contribution in [-0.4, -0.2) is 17.6 Å². The summed E-state index contributed by atoms with van der Waals surface area (Å²) in [4.78, 5) is 11.2. The number of aromatic nitrogens is 1. The molecule has 2 rings (SSSR count). The summed E-state index contributed by atoms with van der Waals surface area (Å²) in [6.07, 6.45) is 5.41. The molecule has 0 bridgehead atoms. The van der Waals surface area contributed by atoms with E-state index in [0.29, 0.717) is 0 Å². The van der Waals surface area contributed by atoms with Crippen molar-refractivity contribution < 1.29 is 4.79 Å². The molecule has 2 aromatic rings. The van der Waals surface area contributed by atoms with E-state index in [9.17, 15) is 4.79 Å². The van der Waals surface area contributed by atoms with E-state index >= 15 is 0 Å². The second kappa shape index (κ2) is 7.38. The van der Waals surface area contributed by atoms with Crippen LogP contribution in [0.4, 0.5) is 16.2 Å². The lowest BCUT2D eigenvalue weighted by atomic mass is 10.2. The zero-order chi connectivity index (χ0) is 15.1. The van der Waals surface area contributed by atoms with Crippen molar-refractivity contribution in [2.75, 3.05) is 17.7 Å². The summed E-state index contributed by atoms with van der Waals surface area (Å²) in [6.45, 7) is 4.02. The first kappa shape index (κ1) is 15.0. The molecule has 1 aromatic carbocycles. The van der Waals surface area contributed by atoms with Crippen LogP contribution in [0, 0.1) is 0 Å². The first-order valence-corrected chi connectivity index (χ1v) is 7.18. The van der Waals surface area contributed by atoms with Crippen molar-refractivity contribution >= 4 is 17.4 Å². The Labute approximate surface area is 125 Å². The van der Waals surface area contributed by atoms with Gasteiger partial charge in [-0.3, -0.25) is 0 Å². The van der Waals surface area contributed by atoms with E-state index in [2.05, 4.69) is 45.9 Å². The van der Waals surface area contributed by atoms with Gasteiger partial charge in [0, 0.05) is 43.9 Å². The van der Waals surface area contributed by atoms with Gasteiger partial charge < -0.3 is 20.5 Å². The molecule has 0 saturated carbocycles. The Morgan fingerprint density at radius 3 is 2.52 bits per heavy atom. The summed E-state index contributed by atoms with van der Waals surface area (Å²) in [5, 5.41) is 8.62. The lowest BCUT2D eigenvalue weighted by Gasteiger charge is -2.08. The second-order valence-electron chi connectivity index (χ2n) is 4.89. The molecule has 0 atom stereocenters. The predicted octanol–water partition coefficient (Wildman–Crippen LogP) is 3.26. The highest BCUT2D eigenvalue weighted by Crippen LogP contribution is 2.14. The van der Waals surface area contributed by atoms with Crippen LogP contribution in [0.3, 0.4) is 0 Å². The van der Waals surface area contributed by atoms with E-state index in [1.165, 1.54) is 5.56 Å². The first-order chi connectivity index (χ1) is 10.2. The average Bonchev–Trinajstić information content (AvgIpc) is 2.94. The summed E-state index contributed by atoms with van der Waals surface area (Å²) < 4.78 is 2.20. The minimum atomic E-state index is -0.215. The fourth-order valence-electron chi connectivity index (χ4n) is 2.06. The Hall–Kier alpha value is -2.43. The van der Waals surface area contributed by atoms with Gasteiger partial charge in [-0.1, -0.05) is 6.92 Å². The number of anilines is 2. The van der Waals surface area contributed by atoms with E-state index in [1.54, 1.807) is 7.05 Å². The Balaban J connectivity index is 1.86. The summed E-state index contributed by atoms with van der Waals surface area (Å²) in [6, 6.07) is 9.57. The molecule has 0 radical (unpaired) electrons. The number of carbonyl (C=O) groups is 1. The normalized spacial score (nSPS) is 10.2. The van der Waals surface area contributed by atoms with E-state index < -0.39 is 0 Å². The Morgan fingerprint density at radius 1 is 1.14 bits per heavy atom. The molecule has 0 fully saturated rings. The lowest BCUT2D eigenvalue weighted by Crippen LogP contribution is -2.24. The van der Waals surface area contributed by atoms with Crippen LogP contribution >= 0.6 is 0 Å². The number of hydrogen-bond donors (Lipinski definition) is 3. The maximum absolute atomic E-state index is 11.2. The number of nitrogens with one attached hydrogen (secondary N) is 3. The molecule has 3 N–H and O–H groups in total. The SMILES string of the molecule is CCCn1ccc(CNc2ccc(NC(=O)NC)cc2)c1. The van der Waals surface area contributed by atoms with Crippen LogP contribution in [0.15, 0.2) is 42.7 Å². The van der Waals surface area contributed by atoms with Gasteiger partial charge in [0.15, 0.2) is 0 Å². The third-order valence-electron chi connectivity index (χ3n) is 3.16. The molecule has 1 heterocycles. The fraction of sp³-hybridized carbons (Fsp3) is 0.312. The molecule has 5 nitrogen and oxygen atoms in total. The molecule has 0 aliphatic rings. The van der Waals surface area contributed by atoms with Gasteiger partial charge in [0.05, 0.1) is 0 Å². The predicted molar refractivity (Wildman–Crippen MR) is 86.6 cm³/mol. The molecule has 0 aliphatic carbocycles. The number of amides is 2. The van der Waals surface area contributed by atoms with Crippen LogP contribution in [0.1, 0.15) is 18.9 Å². The summed E-state index contributed by atoms with van der Waals surface area (Å²) in [7, 11) is 1.59. The second-order valence-corrected chi connectivity index (χ2v) is 4.89. The van der Waals surface area contributed by atoms with E-state index in [4.69, 9.17) is 0 Å². The highest BCUT2D eigenvalue weighted by atomic mass is 16.2. The van der Waals surface area contributed by atoms with Gasteiger partial charge >= 0.3 is 6.03 Å². The van der Waals surface area contributed by atoms with Crippen LogP contribution in [0.2, 0.25) is 0 Å². The first-order valence-electron chi connectivity index (χ1n) is 7.18.